The third-order valence-electron chi connectivity index (χ3n) is 2.49. The van der Waals surface area contributed by atoms with Crippen molar-refractivity contribution in [2.45, 2.75) is 25.0 Å². The van der Waals surface area contributed by atoms with E-state index >= 15 is 0 Å². The second-order valence-electron chi connectivity index (χ2n) is 4.14. The number of hydrogen-bond acceptors (Lipinski definition) is 4. The summed E-state index contributed by atoms with van der Waals surface area (Å²) in [4.78, 5) is 24.2. The van der Waals surface area contributed by atoms with Crippen LogP contribution in [0, 0.1) is 0 Å². The molecule has 0 aromatic heterocycles. The lowest BCUT2D eigenvalue weighted by Crippen LogP contribution is -2.39. The van der Waals surface area contributed by atoms with Gasteiger partial charge in [-0.2, -0.15) is 11.8 Å². The van der Waals surface area contributed by atoms with Crippen LogP contribution < -0.4 is 0 Å². The zero-order valence-electron chi connectivity index (χ0n) is 9.41. The first-order chi connectivity index (χ1) is 6.96. The maximum Gasteiger partial charge on any atom is 0.396 e. The number of nitrogens with zero attached hydrogens (tertiary/aromatic N) is 1. The molecule has 1 aliphatic heterocycles. The van der Waals surface area contributed by atoms with Crippen LogP contribution in [0.1, 0.15) is 20.3 Å². The Kier molecular flexibility index (Phi) is 4.02. The molecule has 1 amide bonds. The van der Waals surface area contributed by atoms with Crippen LogP contribution in [0.15, 0.2) is 0 Å². The topological polar surface area (TPSA) is 46.6 Å². The molecular formula is C10H17NO3S. The lowest BCUT2D eigenvalue weighted by molar-refractivity contribution is -0.158. The van der Waals surface area contributed by atoms with Gasteiger partial charge in [0.05, 0.1) is 7.11 Å². The molecule has 0 radical (unpaired) electrons. The van der Waals surface area contributed by atoms with Gasteiger partial charge in [-0.3, -0.25) is 4.79 Å². The molecule has 1 fully saturated rings. The number of methoxy groups -OCH3 is 1. The van der Waals surface area contributed by atoms with Crippen molar-refractivity contribution in [3.05, 3.63) is 0 Å². The lowest BCUT2D eigenvalue weighted by atomic mass is 10.1. The molecule has 1 saturated heterocycles. The van der Waals surface area contributed by atoms with Crippen LogP contribution in [0.3, 0.4) is 0 Å². The number of carbonyl (C=O) groups is 2. The van der Waals surface area contributed by atoms with E-state index in [1.807, 2.05) is 11.8 Å². The van der Waals surface area contributed by atoms with Crippen LogP contribution in [0.4, 0.5) is 0 Å². The van der Waals surface area contributed by atoms with Gasteiger partial charge in [0.2, 0.25) is 0 Å². The van der Waals surface area contributed by atoms with E-state index in [1.54, 1.807) is 4.90 Å². The van der Waals surface area contributed by atoms with E-state index in [1.165, 1.54) is 7.11 Å². The Labute approximate surface area is 94.3 Å². The standard InChI is InChI=1S/C10H17NO3S/c1-10(2)4-5-11(6-7-15-10)8(12)9(13)14-3/h4-7H2,1-3H3. The minimum Gasteiger partial charge on any atom is -0.462 e. The highest BCUT2D eigenvalue weighted by Gasteiger charge is 2.29. The summed E-state index contributed by atoms with van der Waals surface area (Å²) in [5.41, 5.74) is 0. The maximum absolute atomic E-state index is 11.5. The summed E-state index contributed by atoms with van der Waals surface area (Å²) in [6.45, 7) is 5.57. The minimum atomic E-state index is -0.764. The molecule has 5 heteroatoms. The second kappa shape index (κ2) is 4.88. The molecule has 0 aromatic carbocycles. The van der Waals surface area contributed by atoms with Crippen molar-refractivity contribution in [2.24, 2.45) is 0 Å². The number of hydrogen-bond donors (Lipinski definition) is 0. The molecule has 1 rings (SSSR count). The minimum absolute atomic E-state index is 0.186. The first-order valence-electron chi connectivity index (χ1n) is 4.97. The van der Waals surface area contributed by atoms with Crippen molar-refractivity contribution < 1.29 is 14.3 Å². The van der Waals surface area contributed by atoms with Gasteiger partial charge in [0.25, 0.3) is 0 Å². The molecule has 1 aliphatic rings. The van der Waals surface area contributed by atoms with Gasteiger partial charge in [0, 0.05) is 23.6 Å². The summed E-state index contributed by atoms with van der Waals surface area (Å²) in [6.07, 6.45) is 0.903. The Morgan fingerprint density at radius 2 is 2.00 bits per heavy atom. The Hall–Kier alpha value is -0.710. The molecule has 15 heavy (non-hydrogen) atoms. The van der Waals surface area contributed by atoms with Crippen molar-refractivity contribution in [1.82, 2.24) is 4.90 Å². The first-order valence-corrected chi connectivity index (χ1v) is 5.96. The van der Waals surface area contributed by atoms with E-state index in [4.69, 9.17) is 0 Å². The summed E-state index contributed by atoms with van der Waals surface area (Å²) in [5.74, 6) is -0.411. The van der Waals surface area contributed by atoms with Gasteiger partial charge in [0.15, 0.2) is 0 Å². The summed E-state index contributed by atoms with van der Waals surface area (Å²) < 4.78 is 4.61. The SMILES string of the molecule is COC(=O)C(=O)N1CCSC(C)(C)CC1. The molecule has 0 bridgehead atoms. The monoisotopic (exact) mass is 231 g/mol. The predicted octanol–water partition coefficient (Wildman–Crippen LogP) is 0.903. The third kappa shape index (κ3) is 3.41. The Morgan fingerprint density at radius 1 is 1.33 bits per heavy atom. The highest BCUT2D eigenvalue weighted by molar-refractivity contribution is 8.00. The van der Waals surface area contributed by atoms with Crippen LogP contribution >= 0.6 is 11.8 Å². The number of ether oxygens (including phenoxy) is 1. The number of rotatable bonds is 0. The first kappa shape index (κ1) is 12.4. The normalized spacial score (nSPS) is 20.6. The lowest BCUT2D eigenvalue weighted by Gasteiger charge is -2.21. The molecule has 0 aliphatic carbocycles. The van der Waals surface area contributed by atoms with E-state index in [2.05, 4.69) is 18.6 Å². The van der Waals surface area contributed by atoms with E-state index in [-0.39, 0.29) is 4.75 Å². The molecule has 0 N–H and O–H groups in total. The van der Waals surface area contributed by atoms with Crippen molar-refractivity contribution in [1.29, 1.82) is 0 Å². The highest BCUT2D eigenvalue weighted by Crippen LogP contribution is 2.30. The van der Waals surface area contributed by atoms with E-state index < -0.39 is 11.9 Å². The average molecular weight is 231 g/mol. The van der Waals surface area contributed by atoms with Crippen molar-refractivity contribution in [3.8, 4) is 0 Å². The number of amides is 1. The van der Waals surface area contributed by atoms with Crippen molar-refractivity contribution in [3.63, 3.8) is 0 Å². The van der Waals surface area contributed by atoms with Gasteiger partial charge in [-0.15, -0.1) is 0 Å². The number of thioether (sulfide) groups is 1. The van der Waals surface area contributed by atoms with E-state index in [0.29, 0.717) is 13.1 Å². The highest BCUT2D eigenvalue weighted by atomic mass is 32.2. The molecule has 0 saturated carbocycles. The molecule has 0 unspecified atom stereocenters. The number of carbonyl (C=O) groups excluding carboxylic acids is 2. The van der Waals surface area contributed by atoms with Crippen molar-refractivity contribution in [2.75, 3.05) is 26.0 Å². The fourth-order valence-corrected chi connectivity index (χ4v) is 2.54. The van der Waals surface area contributed by atoms with Gasteiger partial charge < -0.3 is 9.64 Å². The third-order valence-corrected chi connectivity index (χ3v) is 3.86. The molecule has 4 nitrogen and oxygen atoms in total. The quantitative estimate of drug-likeness (QED) is 0.459. The molecule has 86 valence electrons. The molecule has 1 heterocycles. The Balaban J connectivity index is 2.58. The van der Waals surface area contributed by atoms with Gasteiger partial charge >= 0.3 is 11.9 Å². The summed E-state index contributed by atoms with van der Waals surface area (Å²) in [7, 11) is 1.23. The van der Waals surface area contributed by atoms with Crippen LogP contribution in [0.5, 0.6) is 0 Å². The van der Waals surface area contributed by atoms with Crippen molar-refractivity contribution >= 4 is 23.6 Å². The fourth-order valence-electron chi connectivity index (χ4n) is 1.44. The summed E-state index contributed by atoms with van der Waals surface area (Å²) in [5, 5.41) is 0. The van der Waals surface area contributed by atoms with Crippen LogP contribution in [0.2, 0.25) is 0 Å². The van der Waals surface area contributed by atoms with Gasteiger partial charge in [-0.1, -0.05) is 13.8 Å². The van der Waals surface area contributed by atoms with Crippen LogP contribution in [-0.4, -0.2) is 47.5 Å². The van der Waals surface area contributed by atoms with Gasteiger partial charge in [-0.25, -0.2) is 4.79 Å². The zero-order chi connectivity index (χ0) is 11.5. The van der Waals surface area contributed by atoms with Crippen LogP contribution in [-0.2, 0) is 14.3 Å². The predicted molar refractivity (Wildman–Crippen MR) is 59.8 cm³/mol. The Bertz CT molecular complexity index is 265. The summed E-state index contributed by atoms with van der Waals surface area (Å²) >= 11 is 1.84. The molecular weight excluding hydrogens is 214 g/mol. The van der Waals surface area contributed by atoms with Crippen LogP contribution in [0.25, 0.3) is 0 Å². The van der Waals surface area contributed by atoms with Gasteiger partial charge in [0.1, 0.15) is 0 Å². The zero-order valence-corrected chi connectivity index (χ0v) is 10.2. The van der Waals surface area contributed by atoms with E-state index in [9.17, 15) is 9.59 Å². The Morgan fingerprint density at radius 3 is 2.60 bits per heavy atom. The molecule has 0 aromatic rings. The van der Waals surface area contributed by atoms with Gasteiger partial charge in [-0.05, 0) is 6.42 Å². The number of esters is 1. The smallest absolute Gasteiger partial charge is 0.396 e. The largest absolute Gasteiger partial charge is 0.462 e. The molecule has 0 atom stereocenters. The summed E-state index contributed by atoms with van der Waals surface area (Å²) in [6, 6.07) is 0. The van der Waals surface area contributed by atoms with E-state index in [0.717, 1.165) is 12.2 Å². The average Bonchev–Trinajstić information content (AvgIpc) is 2.37. The fraction of sp³-hybridized carbons (Fsp3) is 0.800. The second-order valence-corrected chi connectivity index (χ2v) is 5.94. The maximum atomic E-state index is 11.5. The molecule has 0 spiro atoms.